The van der Waals surface area contributed by atoms with Crippen LogP contribution < -0.4 is 0 Å². The molecule has 0 bridgehead atoms. The molecular formula is C12H6ClF6N. The van der Waals surface area contributed by atoms with Gasteiger partial charge in [0.2, 0.25) is 0 Å². The summed E-state index contributed by atoms with van der Waals surface area (Å²) in [6.07, 6.45) is -8.76. The summed E-state index contributed by atoms with van der Waals surface area (Å²) in [6, 6.07) is 0.619. The average molecular weight is 314 g/mol. The lowest BCUT2D eigenvalue weighted by Crippen LogP contribution is -2.12. The van der Waals surface area contributed by atoms with Crippen molar-refractivity contribution in [3.8, 4) is 0 Å². The highest BCUT2D eigenvalue weighted by molar-refractivity contribution is 6.36. The first-order valence-electron chi connectivity index (χ1n) is 5.25. The van der Waals surface area contributed by atoms with Crippen LogP contribution in [0.15, 0.2) is 18.3 Å². The zero-order valence-electron chi connectivity index (χ0n) is 9.83. The quantitative estimate of drug-likeness (QED) is 0.607. The van der Waals surface area contributed by atoms with E-state index in [1.165, 1.54) is 6.92 Å². The number of hydrogen-bond acceptors (Lipinski definition) is 1. The normalized spacial score (nSPS) is 13.0. The first-order valence-corrected chi connectivity index (χ1v) is 5.63. The maximum atomic E-state index is 12.9. The molecule has 0 aliphatic carbocycles. The number of rotatable bonds is 0. The fourth-order valence-corrected chi connectivity index (χ4v) is 1.94. The third kappa shape index (κ3) is 2.54. The summed E-state index contributed by atoms with van der Waals surface area (Å²) in [5.41, 5.74) is -3.16. The van der Waals surface area contributed by atoms with Crippen molar-refractivity contribution in [1.29, 1.82) is 0 Å². The molecule has 8 heteroatoms. The largest absolute Gasteiger partial charge is 0.418 e. The van der Waals surface area contributed by atoms with Gasteiger partial charge >= 0.3 is 12.4 Å². The Morgan fingerprint density at radius 3 is 2.10 bits per heavy atom. The van der Waals surface area contributed by atoms with Gasteiger partial charge in [-0.15, -0.1) is 0 Å². The Morgan fingerprint density at radius 2 is 1.60 bits per heavy atom. The van der Waals surface area contributed by atoms with E-state index in [0.29, 0.717) is 11.6 Å². The Labute approximate surface area is 114 Å². The van der Waals surface area contributed by atoms with Gasteiger partial charge in [-0.2, -0.15) is 26.3 Å². The molecule has 1 nitrogen and oxygen atoms in total. The third-order valence-corrected chi connectivity index (χ3v) is 3.21. The molecule has 20 heavy (non-hydrogen) atoms. The van der Waals surface area contributed by atoms with E-state index in [-0.39, 0.29) is 16.5 Å². The molecule has 1 aromatic carbocycles. The molecule has 1 heterocycles. The van der Waals surface area contributed by atoms with Gasteiger partial charge in [0.05, 0.1) is 21.7 Å². The molecule has 108 valence electrons. The predicted molar refractivity (Wildman–Crippen MR) is 61.5 cm³/mol. The van der Waals surface area contributed by atoms with Crippen molar-refractivity contribution < 1.29 is 26.3 Å². The van der Waals surface area contributed by atoms with Crippen LogP contribution in [0.5, 0.6) is 0 Å². The summed E-state index contributed by atoms with van der Waals surface area (Å²) in [7, 11) is 0. The number of aromatic nitrogens is 1. The Kier molecular flexibility index (Phi) is 3.36. The van der Waals surface area contributed by atoms with Crippen LogP contribution in [-0.4, -0.2) is 4.98 Å². The van der Waals surface area contributed by atoms with Gasteiger partial charge in [0.25, 0.3) is 0 Å². The van der Waals surface area contributed by atoms with Crippen LogP contribution in [0.3, 0.4) is 0 Å². The molecule has 0 aliphatic rings. The van der Waals surface area contributed by atoms with Gasteiger partial charge in [0.1, 0.15) is 0 Å². The van der Waals surface area contributed by atoms with Gasteiger partial charge in [-0.25, -0.2) is 0 Å². The third-order valence-electron chi connectivity index (χ3n) is 2.71. The second-order valence-electron chi connectivity index (χ2n) is 4.17. The van der Waals surface area contributed by atoms with Gasteiger partial charge in [0, 0.05) is 11.6 Å². The minimum Gasteiger partial charge on any atom is -0.255 e. The van der Waals surface area contributed by atoms with Crippen molar-refractivity contribution in [1.82, 2.24) is 4.98 Å². The van der Waals surface area contributed by atoms with E-state index in [9.17, 15) is 26.3 Å². The molecule has 0 aliphatic heterocycles. The summed E-state index contributed by atoms with van der Waals surface area (Å²) in [5.74, 6) is 0. The Hall–Kier alpha value is -1.50. The number of pyridine rings is 1. The summed E-state index contributed by atoms with van der Waals surface area (Å²) in [6.45, 7) is 1.45. The zero-order chi connectivity index (χ0) is 15.3. The lowest BCUT2D eigenvalue weighted by molar-refractivity contribution is -0.142. The minimum atomic E-state index is -4.95. The number of aryl methyl sites for hydroxylation is 1. The maximum Gasteiger partial charge on any atom is 0.418 e. The molecule has 0 radical (unpaired) electrons. The van der Waals surface area contributed by atoms with Crippen LogP contribution >= 0.6 is 11.6 Å². The lowest BCUT2D eigenvalue weighted by atomic mass is 10.0. The van der Waals surface area contributed by atoms with E-state index >= 15 is 0 Å². The number of nitrogens with zero attached hydrogens (tertiary/aromatic N) is 1. The first kappa shape index (κ1) is 14.9. The molecule has 0 fully saturated rings. The number of hydrogen-bond donors (Lipinski definition) is 0. The molecule has 2 rings (SSSR count). The molecule has 2 aromatic rings. The van der Waals surface area contributed by atoms with E-state index in [0.717, 1.165) is 6.20 Å². The van der Waals surface area contributed by atoms with Gasteiger partial charge in [-0.3, -0.25) is 4.98 Å². The summed E-state index contributed by atoms with van der Waals surface area (Å²) in [5, 5.41) is -0.541. The van der Waals surface area contributed by atoms with Crippen molar-refractivity contribution in [2.24, 2.45) is 0 Å². The molecule has 0 saturated carbocycles. The molecular weight excluding hydrogens is 308 g/mol. The molecule has 0 atom stereocenters. The fourth-order valence-electron chi connectivity index (χ4n) is 1.75. The Bertz CT molecular complexity index is 674. The van der Waals surface area contributed by atoms with Gasteiger partial charge < -0.3 is 0 Å². The monoisotopic (exact) mass is 313 g/mol. The van der Waals surface area contributed by atoms with Crippen LogP contribution in [0.1, 0.15) is 16.7 Å². The summed E-state index contributed by atoms with van der Waals surface area (Å²) < 4.78 is 76.7. The van der Waals surface area contributed by atoms with Crippen LogP contribution in [0, 0.1) is 6.92 Å². The van der Waals surface area contributed by atoms with Crippen LogP contribution in [-0.2, 0) is 12.4 Å². The molecule has 1 aromatic heterocycles. The fraction of sp³-hybridized carbons (Fsp3) is 0.250. The van der Waals surface area contributed by atoms with E-state index < -0.39 is 29.0 Å². The van der Waals surface area contributed by atoms with Crippen molar-refractivity contribution in [3.05, 3.63) is 40.0 Å². The zero-order valence-corrected chi connectivity index (χ0v) is 10.6. The predicted octanol–water partition coefficient (Wildman–Crippen LogP) is 5.23. The molecule has 0 N–H and O–H groups in total. The number of halogens is 7. The highest BCUT2D eigenvalue weighted by atomic mass is 35.5. The van der Waals surface area contributed by atoms with Crippen molar-refractivity contribution in [3.63, 3.8) is 0 Å². The molecule has 0 unspecified atom stereocenters. The summed E-state index contributed by atoms with van der Waals surface area (Å²) in [4.78, 5) is 3.56. The summed E-state index contributed by atoms with van der Waals surface area (Å²) >= 11 is 5.80. The molecule has 0 spiro atoms. The molecule has 0 saturated heterocycles. The van der Waals surface area contributed by atoms with Gasteiger partial charge in [0.15, 0.2) is 0 Å². The van der Waals surface area contributed by atoms with E-state index in [2.05, 4.69) is 4.98 Å². The smallest absolute Gasteiger partial charge is 0.255 e. The standard InChI is InChI=1S/C12H6ClF6N/c1-5-4-20-10-7(9(5)13)2-6(11(14,15)16)3-8(10)12(17,18)19/h2-4H,1H3. The van der Waals surface area contributed by atoms with Crippen molar-refractivity contribution in [2.45, 2.75) is 19.3 Å². The van der Waals surface area contributed by atoms with Crippen molar-refractivity contribution in [2.75, 3.05) is 0 Å². The van der Waals surface area contributed by atoms with Crippen LogP contribution in [0.25, 0.3) is 10.9 Å². The average Bonchev–Trinajstić information content (AvgIpc) is 2.30. The highest BCUT2D eigenvalue weighted by Gasteiger charge is 2.38. The van der Waals surface area contributed by atoms with Crippen LogP contribution in [0.4, 0.5) is 26.3 Å². The number of benzene rings is 1. The minimum absolute atomic E-state index is 0.0427. The second kappa shape index (κ2) is 4.51. The van der Waals surface area contributed by atoms with E-state index in [4.69, 9.17) is 11.6 Å². The maximum absolute atomic E-state index is 12.9. The van der Waals surface area contributed by atoms with E-state index in [1.807, 2.05) is 0 Å². The second-order valence-corrected chi connectivity index (χ2v) is 4.55. The number of alkyl halides is 6. The Morgan fingerprint density at radius 1 is 1.00 bits per heavy atom. The Balaban J connectivity index is 2.93. The SMILES string of the molecule is Cc1cnc2c(C(F)(F)F)cc(C(F)(F)F)cc2c1Cl. The van der Waals surface area contributed by atoms with Gasteiger partial charge in [-0.1, -0.05) is 11.6 Å². The first-order chi connectivity index (χ1) is 9.01. The molecule has 0 amide bonds. The topological polar surface area (TPSA) is 12.9 Å². The van der Waals surface area contributed by atoms with Gasteiger partial charge in [-0.05, 0) is 24.6 Å². The highest BCUT2D eigenvalue weighted by Crippen LogP contribution is 2.41. The van der Waals surface area contributed by atoms with E-state index in [1.54, 1.807) is 0 Å². The van der Waals surface area contributed by atoms with Crippen LogP contribution in [0.2, 0.25) is 5.02 Å². The van der Waals surface area contributed by atoms with Crippen molar-refractivity contribution >= 4 is 22.5 Å². The number of fused-ring (bicyclic) bond motifs is 1. The lowest BCUT2D eigenvalue weighted by Gasteiger charge is -2.15.